The third kappa shape index (κ3) is 1.40. The Morgan fingerprint density at radius 2 is 2.29 bits per heavy atom. The van der Waals surface area contributed by atoms with Gasteiger partial charge in [-0.3, -0.25) is 0 Å². The van der Waals surface area contributed by atoms with E-state index in [-0.39, 0.29) is 6.04 Å². The number of nitrogens with two attached hydrogens (primary N) is 1. The smallest absolute Gasteiger partial charge is 0.212 e. The lowest BCUT2D eigenvalue weighted by molar-refractivity contribution is 0.468. The Bertz CT molecular complexity index is 447. The van der Waals surface area contributed by atoms with Crippen molar-refractivity contribution in [3.63, 3.8) is 0 Å². The molecular formula is C11H14N2O. The molecule has 0 saturated carbocycles. The molecule has 1 aromatic heterocycles. The predicted molar refractivity (Wildman–Crippen MR) is 56.0 cm³/mol. The van der Waals surface area contributed by atoms with Crippen LogP contribution in [0.3, 0.4) is 0 Å². The molecular weight excluding hydrogens is 176 g/mol. The first-order valence-corrected chi connectivity index (χ1v) is 4.84. The second kappa shape index (κ2) is 3.42. The number of hydrogen-bond donors (Lipinski definition) is 1. The van der Waals surface area contributed by atoms with E-state index < -0.39 is 0 Å². The molecule has 0 aliphatic carbocycles. The minimum Gasteiger partial charge on any atom is -0.439 e. The summed E-state index contributed by atoms with van der Waals surface area (Å²) in [6.45, 7) is 4.03. The summed E-state index contributed by atoms with van der Waals surface area (Å²) in [4.78, 5) is 4.35. The Morgan fingerprint density at radius 3 is 2.93 bits per heavy atom. The molecule has 0 aliphatic rings. The number of aromatic nitrogens is 1. The minimum absolute atomic E-state index is 0.0956. The monoisotopic (exact) mass is 190 g/mol. The van der Waals surface area contributed by atoms with Crippen LogP contribution in [0.4, 0.5) is 0 Å². The summed E-state index contributed by atoms with van der Waals surface area (Å²) in [5.74, 6) is 0.636. The van der Waals surface area contributed by atoms with Gasteiger partial charge < -0.3 is 10.2 Å². The zero-order chi connectivity index (χ0) is 10.1. The van der Waals surface area contributed by atoms with E-state index in [4.69, 9.17) is 10.2 Å². The van der Waals surface area contributed by atoms with Gasteiger partial charge in [0.25, 0.3) is 0 Å². The number of rotatable bonds is 2. The Labute approximate surface area is 82.9 Å². The Hall–Kier alpha value is -1.35. The molecule has 3 nitrogen and oxygen atoms in total. The Morgan fingerprint density at radius 1 is 1.50 bits per heavy atom. The lowest BCUT2D eigenvalue weighted by Crippen LogP contribution is -2.08. The summed E-state index contributed by atoms with van der Waals surface area (Å²) in [6, 6.07) is 5.83. The van der Waals surface area contributed by atoms with Crippen LogP contribution in [0.25, 0.3) is 11.1 Å². The van der Waals surface area contributed by atoms with Gasteiger partial charge in [-0.15, -0.1) is 0 Å². The fourth-order valence-electron chi connectivity index (χ4n) is 1.44. The number of fused-ring (bicyclic) bond motifs is 1. The van der Waals surface area contributed by atoms with Gasteiger partial charge in [0.15, 0.2) is 5.58 Å². The fourth-order valence-corrected chi connectivity index (χ4v) is 1.44. The van der Waals surface area contributed by atoms with Gasteiger partial charge in [0.05, 0.1) is 6.04 Å². The molecule has 74 valence electrons. The summed E-state index contributed by atoms with van der Waals surface area (Å²) >= 11 is 0. The van der Waals surface area contributed by atoms with Crippen molar-refractivity contribution in [3.8, 4) is 0 Å². The Balaban J connectivity index is 2.56. The lowest BCUT2D eigenvalue weighted by atomic mass is 10.2. The molecule has 2 aromatic rings. The quantitative estimate of drug-likeness (QED) is 0.791. The average Bonchev–Trinajstić information content (AvgIpc) is 2.62. The SMILES string of the molecule is CCC(N)c1nc2cccc(C)c2o1. The van der Waals surface area contributed by atoms with Gasteiger partial charge in [0.1, 0.15) is 5.52 Å². The number of aryl methyl sites for hydroxylation is 1. The number of nitrogens with zero attached hydrogens (tertiary/aromatic N) is 1. The molecule has 0 bridgehead atoms. The number of oxazole rings is 1. The molecule has 0 radical (unpaired) electrons. The highest BCUT2D eigenvalue weighted by Gasteiger charge is 2.12. The highest BCUT2D eigenvalue weighted by atomic mass is 16.3. The topological polar surface area (TPSA) is 52.0 Å². The van der Waals surface area contributed by atoms with Crippen LogP contribution in [0.15, 0.2) is 22.6 Å². The summed E-state index contributed by atoms with van der Waals surface area (Å²) in [6.07, 6.45) is 0.839. The Kier molecular flexibility index (Phi) is 2.25. The zero-order valence-electron chi connectivity index (χ0n) is 8.45. The van der Waals surface area contributed by atoms with Gasteiger partial charge in [-0.05, 0) is 25.0 Å². The van der Waals surface area contributed by atoms with Crippen LogP contribution in [0.1, 0.15) is 30.8 Å². The molecule has 3 heteroatoms. The molecule has 2 rings (SSSR count). The van der Waals surface area contributed by atoms with Crippen molar-refractivity contribution in [2.75, 3.05) is 0 Å². The third-order valence-corrected chi connectivity index (χ3v) is 2.39. The zero-order valence-corrected chi connectivity index (χ0v) is 8.45. The number of para-hydroxylation sites is 1. The molecule has 0 fully saturated rings. The van der Waals surface area contributed by atoms with Gasteiger partial charge in [0.2, 0.25) is 5.89 Å². The van der Waals surface area contributed by atoms with E-state index in [2.05, 4.69) is 4.98 Å². The first-order valence-electron chi connectivity index (χ1n) is 4.84. The first-order chi connectivity index (χ1) is 6.72. The van der Waals surface area contributed by atoms with Crippen molar-refractivity contribution < 1.29 is 4.42 Å². The summed E-state index contributed by atoms with van der Waals surface area (Å²) in [5.41, 5.74) is 8.70. The highest BCUT2D eigenvalue weighted by molar-refractivity contribution is 5.76. The summed E-state index contributed by atoms with van der Waals surface area (Å²) in [7, 11) is 0. The van der Waals surface area contributed by atoms with Gasteiger partial charge in [-0.25, -0.2) is 4.98 Å². The molecule has 1 atom stereocenters. The van der Waals surface area contributed by atoms with E-state index >= 15 is 0 Å². The highest BCUT2D eigenvalue weighted by Crippen LogP contribution is 2.22. The van der Waals surface area contributed by atoms with Gasteiger partial charge in [-0.1, -0.05) is 19.1 Å². The molecule has 1 heterocycles. The van der Waals surface area contributed by atoms with Gasteiger partial charge in [0, 0.05) is 0 Å². The summed E-state index contributed by atoms with van der Waals surface area (Å²) < 4.78 is 5.62. The van der Waals surface area contributed by atoms with Crippen LogP contribution >= 0.6 is 0 Å². The van der Waals surface area contributed by atoms with Gasteiger partial charge in [-0.2, -0.15) is 0 Å². The minimum atomic E-state index is -0.0956. The maximum atomic E-state index is 5.85. The number of hydrogen-bond acceptors (Lipinski definition) is 3. The van der Waals surface area contributed by atoms with Crippen LogP contribution in [0.2, 0.25) is 0 Å². The molecule has 1 aromatic carbocycles. The van der Waals surface area contributed by atoms with Crippen LogP contribution in [0, 0.1) is 6.92 Å². The van der Waals surface area contributed by atoms with Crippen LogP contribution in [-0.4, -0.2) is 4.98 Å². The van der Waals surface area contributed by atoms with E-state index in [9.17, 15) is 0 Å². The molecule has 1 unspecified atom stereocenters. The van der Waals surface area contributed by atoms with Crippen molar-refractivity contribution >= 4 is 11.1 Å². The maximum Gasteiger partial charge on any atom is 0.212 e. The lowest BCUT2D eigenvalue weighted by Gasteiger charge is -2.00. The molecule has 0 spiro atoms. The summed E-state index contributed by atoms with van der Waals surface area (Å²) in [5, 5.41) is 0. The van der Waals surface area contributed by atoms with Crippen LogP contribution in [0.5, 0.6) is 0 Å². The molecule has 0 amide bonds. The average molecular weight is 190 g/mol. The maximum absolute atomic E-state index is 5.85. The largest absolute Gasteiger partial charge is 0.439 e. The normalized spacial score (nSPS) is 13.4. The van der Waals surface area contributed by atoms with Crippen molar-refractivity contribution in [2.45, 2.75) is 26.3 Å². The standard InChI is InChI=1S/C11H14N2O/c1-3-8(12)11-13-9-6-4-5-7(2)10(9)14-11/h4-6,8H,3,12H2,1-2H3. The van der Waals surface area contributed by atoms with Crippen molar-refractivity contribution in [3.05, 3.63) is 29.7 Å². The second-order valence-electron chi connectivity index (χ2n) is 3.49. The number of benzene rings is 1. The van der Waals surface area contributed by atoms with E-state index in [1.165, 1.54) is 0 Å². The molecule has 2 N–H and O–H groups in total. The van der Waals surface area contributed by atoms with Crippen LogP contribution in [-0.2, 0) is 0 Å². The molecule has 0 aliphatic heterocycles. The predicted octanol–water partition coefficient (Wildman–Crippen LogP) is 2.55. The van der Waals surface area contributed by atoms with Crippen molar-refractivity contribution in [2.24, 2.45) is 5.73 Å². The second-order valence-corrected chi connectivity index (χ2v) is 3.49. The van der Waals surface area contributed by atoms with E-state index in [0.717, 1.165) is 23.1 Å². The molecule has 0 saturated heterocycles. The van der Waals surface area contributed by atoms with Crippen LogP contribution < -0.4 is 5.73 Å². The third-order valence-electron chi connectivity index (χ3n) is 2.39. The van der Waals surface area contributed by atoms with Crippen molar-refractivity contribution in [1.29, 1.82) is 0 Å². The van der Waals surface area contributed by atoms with Crippen molar-refractivity contribution in [1.82, 2.24) is 4.98 Å². The first kappa shape index (κ1) is 9.21. The molecule has 14 heavy (non-hydrogen) atoms. The van der Waals surface area contributed by atoms with Gasteiger partial charge >= 0.3 is 0 Å². The van der Waals surface area contributed by atoms with E-state index in [0.29, 0.717) is 5.89 Å². The van der Waals surface area contributed by atoms with E-state index in [1.807, 2.05) is 32.0 Å². The fraction of sp³-hybridized carbons (Fsp3) is 0.364. The van der Waals surface area contributed by atoms with E-state index in [1.54, 1.807) is 0 Å².